The highest BCUT2D eigenvalue weighted by Gasteiger charge is 2.20. The van der Waals surface area contributed by atoms with Crippen molar-refractivity contribution in [3.05, 3.63) is 39.9 Å². The molecule has 0 amide bonds. The summed E-state index contributed by atoms with van der Waals surface area (Å²) >= 11 is 0. The number of carbonyl (C=O) groups is 1. The SMILES string of the molecule is O=C(O)/C(=N/O[C@@H]1CCOC1)c1ccc([N+](=O)[O-])cc1. The molecule has 0 radical (unpaired) electrons. The number of nitro benzene ring substituents is 1. The maximum absolute atomic E-state index is 11.1. The van der Waals surface area contributed by atoms with Crippen molar-refractivity contribution in [2.45, 2.75) is 12.5 Å². The summed E-state index contributed by atoms with van der Waals surface area (Å²) in [4.78, 5) is 26.2. The molecule has 0 bridgehead atoms. The zero-order chi connectivity index (χ0) is 14.5. The summed E-state index contributed by atoms with van der Waals surface area (Å²) < 4.78 is 5.08. The first-order valence-corrected chi connectivity index (χ1v) is 5.87. The summed E-state index contributed by atoms with van der Waals surface area (Å²) in [7, 11) is 0. The number of nitrogens with zero attached hydrogens (tertiary/aromatic N) is 2. The van der Waals surface area contributed by atoms with E-state index in [0.717, 1.165) is 0 Å². The summed E-state index contributed by atoms with van der Waals surface area (Å²) in [6.07, 6.45) is 0.388. The van der Waals surface area contributed by atoms with Crippen molar-refractivity contribution >= 4 is 17.4 Å². The van der Waals surface area contributed by atoms with Crippen LogP contribution in [0.2, 0.25) is 0 Å². The third kappa shape index (κ3) is 3.29. The number of oxime groups is 1. The van der Waals surface area contributed by atoms with Gasteiger partial charge in [-0.1, -0.05) is 5.16 Å². The molecule has 1 aliphatic rings. The summed E-state index contributed by atoms with van der Waals surface area (Å²) in [5.74, 6) is -1.27. The van der Waals surface area contributed by atoms with Crippen molar-refractivity contribution in [3.63, 3.8) is 0 Å². The quantitative estimate of drug-likeness (QED) is 0.492. The summed E-state index contributed by atoms with van der Waals surface area (Å²) in [6, 6.07) is 5.07. The molecule has 1 aromatic rings. The number of ether oxygens (including phenoxy) is 1. The number of aliphatic carboxylic acids is 1. The molecule has 1 heterocycles. The van der Waals surface area contributed by atoms with Gasteiger partial charge in [-0.15, -0.1) is 0 Å². The number of non-ortho nitro benzene ring substituents is 1. The minimum atomic E-state index is -1.27. The van der Waals surface area contributed by atoms with Gasteiger partial charge >= 0.3 is 5.97 Å². The van der Waals surface area contributed by atoms with Gasteiger partial charge in [-0.3, -0.25) is 10.1 Å². The highest BCUT2D eigenvalue weighted by Crippen LogP contribution is 2.14. The lowest BCUT2D eigenvalue weighted by Crippen LogP contribution is -2.17. The number of rotatable bonds is 5. The first-order valence-electron chi connectivity index (χ1n) is 5.87. The molecule has 0 spiro atoms. The fourth-order valence-corrected chi connectivity index (χ4v) is 1.68. The van der Waals surface area contributed by atoms with E-state index in [4.69, 9.17) is 14.7 Å². The van der Waals surface area contributed by atoms with Gasteiger partial charge in [0.2, 0.25) is 0 Å². The van der Waals surface area contributed by atoms with Crippen molar-refractivity contribution in [1.82, 2.24) is 0 Å². The van der Waals surface area contributed by atoms with Crippen LogP contribution in [0.15, 0.2) is 29.4 Å². The Morgan fingerprint density at radius 2 is 2.15 bits per heavy atom. The minimum absolute atomic E-state index is 0.122. The number of hydrogen-bond donors (Lipinski definition) is 1. The van der Waals surface area contributed by atoms with Crippen LogP contribution in [-0.4, -0.2) is 41.0 Å². The predicted molar refractivity (Wildman–Crippen MR) is 67.6 cm³/mol. The Bertz CT molecular complexity index is 533. The third-order valence-electron chi connectivity index (χ3n) is 2.74. The third-order valence-corrected chi connectivity index (χ3v) is 2.74. The second kappa shape index (κ2) is 6.11. The van der Waals surface area contributed by atoms with E-state index < -0.39 is 10.9 Å². The van der Waals surface area contributed by atoms with E-state index in [1.807, 2.05) is 0 Å². The zero-order valence-electron chi connectivity index (χ0n) is 10.4. The molecule has 8 nitrogen and oxygen atoms in total. The molecular formula is C12H12N2O6. The van der Waals surface area contributed by atoms with Crippen molar-refractivity contribution in [3.8, 4) is 0 Å². The lowest BCUT2D eigenvalue weighted by molar-refractivity contribution is -0.384. The predicted octanol–water partition coefficient (Wildman–Crippen LogP) is 1.19. The fraction of sp³-hybridized carbons (Fsp3) is 0.333. The zero-order valence-corrected chi connectivity index (χ0v) is 10.4. The normalized spacial score (nSPS) is 18.8. The summed E-state index contributed by atoms with van der Waals surface area (Å²) in [6.45, 7) is 0.927. The van der Waals surface area contributed by atoms with Gasteiger partial charge in [0, 0.05) is 24.1 Å². The van der Waals surface area contributed by atoms with Gasteiger partial charge in [0.25, 0.3) is 5.69 Å². The molecule has 1 N–H and O–H groups in total. The fourth-order valence-electron chi connectivity index (χ4n) is 1.68. The summed E-state index contributed by atoms with van der Waals surface area (Å²) in [5.41, 5.74) is -0.183. The Morgan fingerprint density at radius 3 is 2.65 bits per heavy atom. The van der Waals surface area contributed by atoms with Crippen LogP contribution in [0.3, 0.4) is 0 Å². The molecule has 1 atom stereocenters. The molecule has 0 aliphatic carbocycles. The lowest BCUT2D eigenvalue weighted by Gasteiger charge is -2.07. The topological polar surface area (TPSA) is 111 Å². The van der Waals surface area contributed by atoms with Gasteiger partial charge in [-0.2, -0.15) is 0 Å². The molecule has 1 aliphatic heterocycles. The van der Waals surface area contributed by atoms with Crippen LogP contribution in [0.5, 0.6) is 0 Å². The van der Waals surface area contributed by atoms with E-state index in [1.54, 1.807) is 0 Å². The highest BCUT2D eigenvalue weighted by molar-refractivity contribution is 6.42. The molecule has 8 heteroatoms. The Kier molecular flexibility index (Phi) is 4.26. The molecular weight excluding hydrogens is 268 g/mol. The maximum Gasteiger partial charge on any atom is 0.358 e. The molecule has 1 fully saturated rings. The average Bonchev–Trinajstić information content (AvgIpc) is 2.92. The second-order valence-corrected chi connectivity index (χ2v) is 4.14. The molecule has 2 rings (SSSR count). The van der Waals surface area contributed by atoms with Gasteiger partial charge in [-0.25, -0.2) is 4.79 Å². The van der Waals surface area contributed by atoms with Gasteiger partial charge < -0.3 is 14.7 Å². The van der Waals surface area contributed by atoms with Crippen LogP contribution < -0.4 is 0 Å². The van der Waals surface area contributed by atoms with Crippen molar-refractivity contribution in [2.24, 2.45) is 5.16 Å². The van der Waals surface area contributed by atoms with Gasteiger partial charge in [0.15, 0.2) is 11.8 Å². The Balaban J connectivity index is 2.16. The molecule has 106 valence electrons. The van der Waals surface area contributed by atoms with Gasteiger partial charge in [-0.05, 0) is 12.1 Å². The Labute approximate surface area is 113 Å². The average molecular weight is 280 g/mol. The molecule has 0 unspecified atom stereocenters. The molecule has 1 aromatic carbocycles. The number of benzene rings is 1. The minimum Gasteiger partial charge on any atom is -0.476 e. The second-order valence-electron chi connectivity index (χ2n) is 4.14. The number of carboxylic acid groups (broad SMARTS) is 1. The Hall–Kier alpha value is -2.48. The first-order chi connectivity index (χ1) is 9.58. The van der Waals surface area contributed by atoms with Crippen LogP contribution in [0.25, 0.3) is 0 Å². The molecule has 0 saturated carbocycles. The van der Waals surface area contributed by atoms with E-state index >= 15 is 0 Å². The van der Waals surface area contributed by atoms with Crippen molar-refractivity contribution < 1.29 is 24.4 Å². The summed E-state index contributed by atoms with van der Waals surface area (Å²) in [5, 5.41) is 23.3. The van der Waals surface area contributed by atoms with Gasteiger partial charge in [0.1, 0.15) is 0 Å². The van der Waals surface area contributed by atoms with Crippen LogP contribution in [0, 0.1) is 10.1 Å². The van der Waals surface area contributed by atoms with E-state index in [2.05, 4.69) is 5.16 Å². The molecule has 1 saturated heterocycles. The van der Waals surface area contributed by atoms with E-state index in [0.29, 0.717) is 19.6 Å². The van der Waals surface area contributed by atoms with Crippen LogP contribution in [0.1, 0.15) is 12.0 Å². The number of nitro groups is 1. The number of carboxylic acids is 1. The van der Waals surface area contributed by atoms with Crippen LogP contribution in [-0.2, 0) is 14.4 Å². The Morgan fingerprint density at radius 1 is 1.45 bits per heavy atom. The largest absolute Gasteiger partial charge is 0.476 e. The standard InChI is InChI=1S/C12H12N2O6/c15-12(16)11(13-20-10-5-6-19-7-10)8-1-3-9(4-2-8)14(17)18/h1-4,10H,5-7H2,(H,15,16)/b13-11+/t10-/m1/s1. The van der Waals surface area contributed by atoms with Crippen LogP contribution >= 0.6 is 0 Å². The van der Waals surface area contributed by atoms with E-state index in [9.17, 15) is 14.9 Å². The van der Waals surface area contributed by atoms with Crippen LogP contribution in [0.4, 0.5) is 5.69 Å². The monoisotopic (exact) mass is 280 g/mol. The first kappa shape index (κ1) is 13.9. The smallest absolute Gasteiger partial charge is 0.358 e. The van der Waals surface area contributed by atoms with Crippen molar-refractivity contribution in [1.29, 1.82) is 0 Å². The molecule has 20 heavy (non-hydrogen) atoms. The highest BCUT2D eigenvalue weighted by atomic mass is 16.7. The van der Waals surface area contributed by atoms with E-state index in [-0.39, 0.29) is 23.1 Å². The number of hydrogen-bond acceptors (Lipinski definition) is 6. The van der Waals surface area contributed by atoms with E-state index in [1.165, 1.54) is 24.3 Å². The molecule has 0 aromatic heterocycles. The lowest BCUT2D eigenvalue weighted by atomic mass is 10.1. The van der Waals surface area contributed by atoms with Crippen molar-refractivity contribution in [2.75, 3.05) is 13.2 Å². The van der Waals surface area contributed by atoms with Gasteiger partial charge in [0.05, 0.1) is 18.1 Å². The maximum atomic E-state index is 11.1.